The molecule has 3 rings (SSSR count). The van der Waals surface area contributed by atoms with E-state index >= 15 is 0 Å². The van der Waals surface area contributed by atoms with E-state index in [0.717, 1.165) is 23.4 Å². The van der Waals surface area contributed by atoms with E-state index in [1.807, 2.05) is 48.3 Å². The van der Waals surface area contributed by atoms with Crippen molar-refractivity contribution in [1.29, 1.82) is 0 Å². The van der Waals surface area contributed by atoms with Gasteiger partial charge < -0.3 is 10.2 Å². The van der Waals surface area contributed by atoms with Gasteiger partial charge in [0.25, 0.3) is 5.91 Å². The first-order chi connectivity index (χ1) is 13.0. The Balaban J connectivity index is 1.55. The molecule has 1 fully saturated rings. The summed E-state index contributed by atoms with van der Waals surface area (Å²) in [6.45, 7) is 1.46. The average molecular weight is 405 g/mol. The van der Waals surface area contributed by atoms with Gasteiger partial charge in [-0.3, -0.25) is 4.79 Å². The number of carbonyl (C=O) groups is 1. The fourth-order valence-corrected chi connectivity index (χ4v) is 4.13. The highest BCUT2D eigenvalue weighted by Gasteiger charge is 2.19. The van der Waals surface area contributed by atoms with Crippen LogP contribution in [-0.4, -0.2) is 24.4 Å². The predicted octanol–water partition coefficient (Wildman–Crippen LogP) is 6.26. The summed E-state index contributed by atoms with van der Waals surface area (Å²) in [4.78, 5) is 14.5. The number of rotatable bonds is 6. The number of benzene rings is 2. The minimum absolute atomic E-state index is 0.0906. The standard InChI is InChI=1S/C22H26Cl2N2O/c1-26(15-16-5-3-2-4-6-16)22(27)17-8-11-20(12-9-17)25-14-18-7-10-19(23)13-21(18)24/h7-13,16,25H,2-6,14-15H2,1H3. The maximum atomic E-state index is 12.7. The third-order valence-corrected chi connectivity index (χ3v) is 5.82. The summed E-state index contributed by atoms with van der Waals surface area (Å²) in [7, 11) is 1.91. The zero-order valence-electron chi connectivity index (χ0n) is 15.7. The zero-order chi connectivity index (χ0) is 19.2. The zero-order valence-corrected chi connectivity index (χ0v) is 17.2. The van der Waals surface area contributed by atoms with Crippen molar-refractivity contribution in [2.24, 2.45) is 5.92 Å². The summed E-state index contributed by atoms with van der Waals surface area (Å²) >= 11 is 12.1. The summed E-state index contributed by atoms with van der Waals surface area (Å²) in [5, 5.41) is 4.60. The maximum Gasteiger partial charge on any atom is 0.253 e. The second-order valence-electron chi connectivity index (χ2n) is 7.36. The predicted molar refractivity (Wildman–Crippen MR) is 114 cm³/mol. The van der Waals surface area contributed by atoms with Crippen LogP contribution in [-0.2, 0) is 6.54 Å². The van der Waals surface area contributed by atoms with Crippen molar-refractivity contribution in [1.82, 2.24) is 4.90 Å². The lowest BCUT2D eigenvalue weighted by Gasteiger charge is -2.27. The van der Waals surface area contributed by atoms with Gasteiger partial charge in [0.15, 0.2) is 0 Å². The van der Waals surface area contributed by atoms with Crippen LogP contribution in [0.1, 0.15) is 48.0 Å². The number of hydrogen-bond acceptors (Lipinski definition) is 2. The number of nitrogens with one attached hydrogen (secondary N) is 1. The Morgan fingerprint density at radius 1 is 1.07 bits per heavy atom. The number of hydrogen-bond donors (Lipinski definition) is 1. The molecule has 1 amide bonds. The molecule has 1 aliphatic rings. The molecule has 144 valence electrons. The molecule has 3 nitrogen and oxygen atoms in total. The van der Waals surface area contributed by atoms with Crippen LogP contribution < -0.4 is 5.32 Å². The molecule has 0 atom stereocenters. The van der Waals surface area contributed by atoms with Crippen LogP contribution >= 0.6 is 23.2 Å². The molecule has 2 aromatic carbocycles. The number of halogens is 2. The summed E-state index contributed by atoms with van der Waals surface area (Å²) in [5.74, 6) is 0.741. The molecule has 0 bridgehead atoms. The van der Waals surface area contributed by atoms with Gasteiger partial charge in [-0.1, -0.05) is 48.5 Å². The van der Waals surface area contributed by atoms with Crippen LogP contribution in [0.5, 0.6) is 0 Å². The van der Waals surface area contributed by atoms with Crippen molar-refractivity contribution in [3.8, 4) is 0 Å². The van der Waals surface area contributed by atoms with Gasteiger partial charge in [-0.05, 0) is 60.7 Å². The third kappa shape index (κ3) is 5.63. The van der Waals surface area contributed by atoms with Crippen LogP contribution in [0.15, 0.2) is 42.5 Å². The Labute approximate surface area is 171 Å². The molecule has 0 aromatic heterocycles. The van der Waals surface area contributed by atoms with Gasteiger partial charge in [-0.25, -0.2) is 0 Å². The van der Waals surface area contributed by atoms with Gasteiger partial charge in [0.2, 0.25) is 0 Å². The lowest BCUT2D eigenvalue weighted by molar-refractivity contribution is 0.0760. The number of nitrogens with zero attached hydrogens (tertiary/aromatic N) is 1. The van der Waals surface area contributed by atoms with Gasteiger partial charge in [0.1, 0.15) is 0 Å². The average Bonchev–Trinajstić information content (AvgIpc) is 2.68. The van der Waals surface area contributed by atoms with Crippen LogP contribution in [0.3, 0.4) is 0 Å². The van der Waals surface area contributed by atoms with E-state index in [0.29, 0.717) is 22.5 Å². The molecule has 0 spiro atoms. The van der Waals surface area contributed by atoms with E-state index in [1.165, 1.54) is 32.1 Å². The second kappa shape index (κ2) is 9.48. The first-order valence-electron chi connectivity index (χ1n) is 9.56. The van der Waals surface area contributed by atoms with Crippen LogP contribution in [0.4, 0.5) is 5.69 Å². The number of anilines is 1. The fraction of sp³-hybridized carbons (Fsp3) is 0.409. The molecule has 5 heteroatoms. The first kappa shape index (κ1) is 20.0. The van der Waals surface area contributed by atoms with Crippen LogP contribution in [0, 0.1) is 5.92 Å². The highest BCUT2D eigenvalue weighted by atomic mass is 35.5. The molecule has 2 aromatic rings. The normalized spacial score (nSPS) is 14.8. The van der Waals surface area contributed by atoms with E-state index in [2.05, 4.69) is 5.32 Å². The number of amides is 1. The van der Waals surface area contributed by atoms with Crippen molar-refractivity contribution < 1.29 is 4.79 Å². The van der Waals surface area contributed by atoms with Gasteiger partial charge >= 0.3 is 0 Å². The molecule has 0 radical (unpaired) electrons. The smallest absolute Gasteiger partial charge is 0.253 e. The van der Waals surface area contributed by atoms with Crippen molar-refractivity contribution in [2.75, 3.05) is 18.9 Å². The Kier molecular flexibility index (Phi) is 7.03. The molecule has 0 heterocycles. The monoisotopic (exact) mass is 404 g/mol. The Morgan fingerprint density at radius 3 is 2.44 bits per heavy atom. The first-order valence-corrected chi connectivity index (χ1v) is 10.3. The molecule has 1 aliphatic carbocycles. The number of carbonyl (C=O) groups excluding carboxylic acids is 1. The van der Waals surface area contributed by atoms with Crippen molar-refractivity contribution >= 4 is 34.8 Å². The van der Waals surface area contributed by atoms with E-state index in [4.69, 9.17) is 23.2 Å². The SMILES string of the molecule is CN(CC1CCCCC1)C(=O)c1ccc(NCc2ccc(Cl)cc2Cl)cc1. The van der Waals surface area contributed by atoms with E-state index in [-0.39, 0.29) is 5.91 Å². The topological polar surface area (TPSA) is 32.3 Å². The molecule has 1 N–H and O–H groups in total. The second-order valence-corrected chi connectivity index (χ2v) is 8.20. The van der Waals surface area contributed by atoms with E-state index in [1.54, 1.807) is 6.07 Å². The molecule has 0 unspecified atom stereocenters. The molecular formula is C22H26Cl2N2O. The van der Waals surface area contributed by atoms with Crippen LogP contribution in [0.2, 0.25) is 10.0 Å². The van der Waals surface area contributed by atoms with Crippen molar-refractivity contribution in [3.05, 3.63) is 63.6 Å². The minimum Gasteiger partial charge on any atom is -0.381 e. The molecule has 1 saturated carbocycles. The Hall–Kier alpha value is -1.71. The van der Waals surface area contributed by atoms with Gasteiger partial charge in [0, 0.05) is 41.4 Å². The maximum absolute atomic E-state index is 12.7. The van der Waals surface area contributed by atoms with Gasteiger partial charge in [-0.15, -0.1) is 0 Å². The molecular weight excluding hydrogens is 379 g/mol. The van der Waals surface area contributed by atoms with E-state index < -0.39 is 0 Å². The quantitative estimate of drug-likeness (QED) is 0.615. The van der Waals surface area contributed by atoms with Crippen molar-refractivity contribution in [2.45, 2.75) is 38.6 Å². The highest BCUT2D eigenvalue weighted by molar-refractivity contribution is 6.35. The fourth-order valence-electron chi connectivity index (χ4n) is 3.65. The van der Waals surface area contributed by atoms with Crippen molar-refractivity contribution in [3.63, 3.8) is 0 Å². The lowest BCUT2D eigenvalue weighted by Crippen LogP contribution is -2.32. The largest absolute Gasteiger partial charge is 0.381 e. The lowest BCUT2D eigenvalue weighted by atomic mass is 9.89. The van der Waals surface area contributed by atoms with E-state index in [9.17, 15) is 4.79 Å². The Morgan fingerprint density at radius 2 is 1.78 bits per heavy atom. The van der Waals surface area contributed by atoms with Gasteiger partial charge in [-0.2, -0.15) is 0 Å². The molecule has 0 aliphatic heterocycles. The summed E-state index contributed by atoms with van der Waals surface area (Å²) in [6, 6.07) is 13.1. The van der Waals surface area contributed by atoms with Crippen LogP contribution in [0.25, 0.3) is 0 Å². The molecule has 0 saturated heterocycles. The Bertz CT molecular complexity index is 770. The molecule has 27 heavy (non-hydrogen) atoms. The summed E-state index contributed by atoms with van der Waals surface area (Å²) in [6.07, 6.45) is 6.42. The summed E-state index contributed by atoms with van der Waals surface area (Å²) in [5.41, 5.74) is 2.66. The highest BCUT2D eigenvalue weighted by Crippen LogP contribution is 2.25. The summed E-state index contributed by atoms with van der Waals surface area (Å²) < 4.78 is 0. The van der Waals surface area contributed by atoms with Gasteiger partial charge in [0.05, 0.1) is 0 Å². The third-order valence-electron chi connectivity index (χ3n) is 5.23. The minimum atomic E-state index is 0.0906.